The van der Waals surface area contributed by atoms with E-state index in [9.17, 15) is 9.59 Å². The topological polar surface area (TPSA) is 105 Å². The summed E-state index contributed by atoms with van der Waals surface area (Å²) >= 11 is 0. The van der Waals surface area contributed by atoms with Gasteiger partial charge in [-0.05, 0) is 65.5 Å². The quantitative estimate of drug-likeness (QED) is 0.124. The molecule has 0 radical (unpaired) electrons. The lowest BCUT2D eigenvalue weighted by atomic mass is 9.81. The zero-order valence-electron chi connectivity index (χ0n) is 27.3. The molecule has 2 unspecified atom stereocenters. The first kappa shape index (κ1) is 33.7. The van der Waals surface area contributed by atoms with E-state index in [1.807, 2.05) is 105 Å². The highest BCUT2D eigenvalue weighted by molar-refractivity contribution is 7.07. The van der Waals surface area contributed by atoms with Crippen LogP contribution in [0.4, 0.5) is 0 Å². The molecule has 3 aromatic carbocycles. The highest BCUT2D eigenvalue weighted by Crippen LogP contribution is 2.35. The van der Waals surface area contributed by atoms with Crippen LogP contribution in [0.5, 0.6) is 0 Å². The molecule has 4 rings (SSSR count). The summed E-state index contributed by atoms with van der Waals surface area (Å²) in [4.78, 5) is 28.2. The average molecular weight is 629 g/mol. The fraction of sp³-hybridized carbons (Fsp3) is 0.400. The van der Waals surface area contributed by atoms with Crippen molar-refractivity contribution in [3.8, 4) is 0 Å². The van der Waals surface area contributed by atoms with Gasteiger partial charge in [0, 0.05) is 0 Å². The lowest BCUT2D eigenvalue weighted by Gasteiger charge is -2.38. The summed E-state index contributed by atoms with van der Waals surface area (Å²) in [6.07, 6.45) is -0.749. The number of esters is 2. The number of hydrogen-bond donors (Lipinski definition) is 0. The predicted molar refractivity (Wildman–Crippen MR) is 176 cm³/mol. The van der Waals surface area contributed by atoms with E-state index in [-0.39, 0.29) is 24.5 Å². The third-order valence-electron chi connectivity index (χ3n) is 7.51. The molecule has 0 amide bonds. The molecule has 0 N–H and O–H groups in total. The second-order valence-electron chi connectivity index (χ2n) is 12.8. The Balaban J connectivity index is 2.02. The molecule has 0 bridgehead atoms. The second-order valence-corrected chi connectivity index (χ2v) is 16.1. The van der Waals surface area contributed by atoms with Gasteiger partial charge in [-0.2, -0.15) is 0 Å². The Morgan fingerprint density at radius 2 is 1.18 bits per heavy atom. The highest BCUT2D eigenvalue weighted by Gasteiger charge is 2.51. The first-order valence-electron chi connectivity index (χ1n) is 15.4. The normalized spacial score (nSPS) is 13.6. The number of carbonyl (C=O) groups excluding carboxylic acids is 2. The molecular formula is C35H44N4O5Si. The number of aromatic nitrogens is 4. The van der Waals surface area contributed by atoms with Gasteiger partial charge in [-0.3, -0.25) is 4.79 Å². The maximum atomic E-state index is 14.1. The Morgan fingerprint density at radius 1 is 0.733 bits per heavy atom. The van der Waals surface area contributed by atoms with Gasteiger partial charge in [0.15, 0.2) is 17.8 Å². The highest BCUT2D eigenvalue weighted by atomic mass is 28.4. The van der Waals surface area contributed by atoms with Crippen molar-refractivity contribution in [2.24, 2.45) is 5.41 Å². The number of benzene rings is 3. The van der Waals surface area contributed by atoms with Crippen molar-refractivity contribution in [3.63, 3.8) is 0 Å². The minimum absolute atomic E-state index is 0.0841. The lowest BCUT2D eigenvalue weighted by molar-refractivity contribution is -0.161. The predicted octanol–water partition coefficient (Wildman–Crippen LogP) is 4.11. The first-order valence-corrected chi connectivity index (χ1v) is 17.3. The number of hydrogen-bond acceptors (Lipinski definition) is 8. The summed E-state index contributed by atoms with van der Waals surface area (Å²) in [5, 5.41) is 15.4. The Kier molecular flexibility index (Phi) is 10.7. The first-order chi connectivity index (χ1) is 21.4. The molecule has 0 spiro atoms. The number of rotatable bonds is 13. The van der Waals surface area contributed by atoms with E-state index in [0.717, 1.165) is 15.6 Å². The van der Waals surface area contributed by atoms with Crippen LogP contribution in [-0.4, -0.2) is 59.8 Å². The second kappa shape index (κ2) is 14.3. The molecule has 0 aliphatic heterocycles. The van der Waals surface area contributed by atoms with Crippen molar-refractivity contribution in [1.82, 2.24) is 20.2 Å². The largest absolute Gasteiger partial charge is 0.465 e. The van der Waals surface area contributed by atoms with Crippen LogP contribution in [0.1, 0.15) is 66.6 Å². The van der Waals surface area contributed by atoms with Gasteiger partial charge in [0.2, 0.25) is 0 Å². The third kappa shape index (κ3) is 7.57. The Hall–Kier alpha value is -4.15. The fourth-order valence-electron chi connectivity index (χ4n) is 6.18. The molecule has 0 saturated heterocycles. The summed E-state index contributed by atoms with van der Waals surface area (Å²) in [5.74, 6) is -2.51. The fourth-order valence-corrected chi connectivity index (χ4v) is 10.2. The zero-order valence-corrected chi connectivity index (χ0v) is 28.3. The summed E-state index contributed by atoms with van der Waals surface area (Å²) in [6.45, 7) is 14.0. The molecule has 45 heavy (non-hydrogen) atoms. The van der Waals surface area contributed by atoms with E-state index < -0.39 is 37.8 Å². The van der Waals surface area contributed by atoms with Gasteiger partial charge in [0.1, 0.15) is 0 Å². The van der Waals surface area contributed by atoms with Crippen molar-refractivity contribution in [2.45, 2.75) is 72.4 Å². The van der Waals surface area contributed by atoms with E-state index in [4.69, 9.17) is 13.9 Å². The van der Waals surface area contributed by atoms with Gasteiger partial charge >= 0.3 is 11.9 Å². The van der Waals surface area contributed by atoms with Crippen molar-refractivity contribution >= 4 is 35.8 Å². The van der Waals surface area contributed by atoms with E-state index in [0.29, 0.717) is 6.42 Å². The van der Waals surface area contributed by atoms with E-state index in [1.54, 1.807) is 18.5 Å². The Bertz CT molecular complexity index is 1440. The molecule has 4 aromatic rings. The molecule has 0 aliphatic carbocycles. The van der Waals surface area contributed by atoms with Crippen LogP contribution in [0.15, 0.2) is 91.0 Å². The van der Waals surface area contributed by atoms with Crippen molar-refractivity contribution in [1.29, 1.82) is 0 Å². The van der Waals surface area contributed by atoms with Crippen LogP contribution in [0.25, 0.3) is 0 Å². The summed E-state index contributed by atoms with van der Waals surface area (Å²) in [6, 6.07) is 29.5. The molecule has 9 nitrogen and oxygen atoms in total. The standard InChI is InChI=1S/C35H44N4O5Si/c1-8-42-32(40)29(31-36-37-38-39(31)35(6,7)25-34(3,4)5)30(33(41)43-9-2)44-45(26-19-13-10-14-20-26,27-21-15-11-16-22-27)28-23-17-12-18-24-28/h10-24,29-30H,8-9,25H2,1-7H3. The van der Waals surface area contributed by atoms with E-state index in [2.05, 4.69) is 36.3 Å². The smallest absolute Gasteiger partial charge is 0.335 e. The minimum atomic E-state index is -3.51. The van der Waals surface area contributed by atoms with Crippen molar-refractivity contribution < 1.29 is 23.5 Å². The molecule has 0 saturated carbocycles. The molecule has 1 heterocycles. The molecule has 10 heteroatoms. The van der Waals surface area contributed by atoms with Gasteiger partial charge in [-0.15, -0.1) is 5.10 Å². The van der Waals surface area contributed by atoms with Crippen LogP contribution in [0, 0.1) is 5.41 Å². The maximum absolute atomic E-state index is 14.1. The number of carbonyl (C=O) groups is 2. The van der Waals surface area contributed by atoms with Crippen LogP contribution in [-0.2, 0) is 29.0 Å². The molecule has 0 aliphatic rings. The van der Waals surface area contributed by atoms with E-state index in [1.165, 1.54) is 0 Å². The van der Waals surface area contributed by atoms with Crippen molar-refractivity contribution in [2.75, 3.05) is 13.2 Å². The number of ether oxygens (including phenoxy) is 2. The van der Waals surface area contributed by atoms with Gasteiger partial charge in [-0.25, -0.2) is 9.48 Å². The van der Waals surface area contributed by atoms with Gasteiger partial charge in [-0.1, -0.05) is 112 Å². The molecule has 0 fully saturated rings. The molecule has 1 aromatic heterocycles. The van der Waals surface area contributed by atoms with Gasteiger partial charge in [0.25, 0.3) is 8.32 Å². The van der Waals surface area contributed by atoms with Gasteiger partial charge < -0.3 is 13.9 Å². The Labute approximate surface area is 267 Å². The van der Waals surface area contributed by atoms with Crippen LogP contribution in [0.2, 0.25) is 0 Å². The molecular weight excluding hydrogens is 584 g/mol. The summed E-state index contributed by atoms with van der Waals surface area (Å²) < 4.78 is 20.2. The van der Waals surface area contributed by atoms with Crippen LogP contribution < -0.4 is 15.6 Å². The maximum Gasteiger partial charge on any atom is 0.335 e. The van der Waals surface area contributed by atoms with Gasteiger partial charge in [0.05, 0.1) is 18.8 Å². The van der Waals surface area contributed by atoms with Crippen LogP contribution in [0.3, 0.4) is 0 Å². The van der Waals surface area contributed by atoms with Crippen LogP contribution >= 0.6 is 0 Å². The number of nitrogens with zero attached hydrogens (tertiary/aromatic N) is 4. The SMILES string of the molecule is CCOC(=O)C(O[Si](c1ccccc1)(c1ccccc1)c1ccccc1)C(C(=O)OCC)c1nnnn1C(C)(C)CC(C)(C)C. The van der Waals surface area contributed by atoms with Crippen molar-refractivity contribution in [3.05, 3.63) is 96.8 Å². The lowest BCUT2D eigenvalue weighted by Crippen LogP contribution is -2.71. The monoisotopic (exact) mass is 628 g/mol. The summed E-state index contributed by atoms with van der Waals surface area (Å²) in [5.41, 5.74) is -0.701. The minimum Gasteiger partial charge on any atom is -0.465 e. The molecule has 238 valence electrons. The average Bonchev–Trinajstić information content (AvgIpc) is 3.50. The number of tetrazole rings is 1. The van der Waals surface area contributed by atoms with E-state index >= 15 is 0 Å². The third-order valence-corrected chi connectivity index (χ3v) is 11.6. The molecule has 2 atom stereocenters. The Morgan fingerprint density at radius 3 is 1.60 bits per heavy atom. The summed E-state index contributed by atoms with van der Waals surface area (Å²) in [7, 11) is -3.51. The zero-order chi connectivity index (χ0) is 32.7.